The van der Waals surface area contributed by atoms with Gasteiger partial charge in [-0.3, -0.25) is 4.79 Å². The normalized spacial score (nSPS) is 8.45. The number of rotatable bonds is 2. The van der Waals surface area contributed by atoms with Crippen LogP contribution < -0.4 is 24.8 Å². The van der Waals surface area contributed by atoms with Crippen molar-refractivity contribution in [2.45, 2.75) is 27.2 Å². The molecule has 0 radical (unpaired) electrons. The van der Waals surface area contributed by atoms with Gasteiger partial charge in [-0.15, -0.1) is 0 Å². The summed E-state index contributed by atoms with van der Waals surface area (Å²) in [5.41, 5.74) is 1.15. The molecule has 0 aliphatic heterocycles. The van der Waals surface area contributed by atoms with Crippen molar-refractivity contribution in [1.29, 1.82) is 0 Å². The van der Waals surface area contributed by atoms with Gasteiger partial charge in [-0.2, -0.15) is 0 Å². The monoisotopic (exact) mass is 288 g/mol. The molecule has 0 spiro atoms. The summed E-state index contributed by atoms with van der Waals surface area (Å²) in [7, 11) is 0. The van der Waals surface area contributed by atoms with Crippen molar-refractivity contribution in [1.82, 2.24) is 0 Å². The Balaban J connectivity index is -0.0000000817. The van der Waals surface area contributed by atoms with Crippen LogP contribution in [0.4, 0.5) is 0 Å². The average molecular weight is 289 g/mol. The summed E-state index contributed by atoms with van der Waals surface area (Å²) >= 11 is 0. The number of allylic oxidation sites excluding steroid dienone is 2. The molecule has 0 rings (SSSR count). The van der Waals surface area contributed by atoms with Crippen molar-refractivity contribution < 1.29 is 50.0 Å². The number of carbonyl (C=O) groups is 1. The third kappa shape index (κ3) is 18.0. The summed E-state index contributed by atoms with van der Waals surface area (Å²) in [5.74, 6) is 0.143. The molecule has 70 valence electrons. The molecule has 1 nitrogen and oxygen atoms in total. The van der Waals surface area contributed by atoms with E-state index in [1.807, 2.05) is 13.8 Å². The topological polar surface area (TPSA) is 17.1 Å². The number of halogens is 2. The maximum absolute atomic E-state index is 10.3. The van der Waals surface area contributed by atoms with Crippen molar-refractivity contribution in [3.05, 3.63) is 11.6 Å². The first-order chi connectivity index (χ1) is 3.66. The summed E-state index contributed by atoms with van der Waals surface area (Å²) in [4.78, 5) is 10.3. The second kappa shape index (κ2) is 13.3. The molecule has 0 aromatic carbocycles. The molecule has 0 heterocycles. The minimum atomic E-state index is 0. The van der Waals surface area contributed by atoms with E-state index >= 15 is 0 Å². The van der Waals surface area contributed by atoms with E-state index in [-0.39, 0.29) is 51.0 Å². The van der Waals surface area contributed by atoms with Gasteiger partial charge < -0.3 is 24.8 Å². The fourth-order valence-electron chi connectivity index (χ4n) is 0.449. The summed E-state index contributed by atoms with van der Waals surface area (Å²) in [6, 6.07) is 0. The second-order valence-corrected chi connectivity index (χ2v) is 1.95. The standard InChI is InChI=1S/C7H12O.2ClH.Pd/c1-4-6(2)5-7(3)8;;;/h5H,4H2,1-3H3;2*1H;/q;;;+2/p-2. The number of ketones is 1. The number of hydrogen-bond acceptors (Lipinski definition) is 1. The van der Waals surface area contributed by atoms with Crippen LogP contribution in [0.3, 0.4) is 0 Å². The van der Waals surface area contributed by atoms with E-state index in [0.717, 1.165) is 12.0 Å². The van der Waals surface area contributed by atoms with Gasteiger partial charge in [-0.05, 0) is 26.3 Å². The Morgan fingerprint density at radius 1 is 1.27 bits per heavy atom. The van der Waals surface area contributed by atoms with Crippen LogP contribution in [0.2, 0.25) is 0 Å². The zero-order valence-corrected chi connectivity index (χ0v) is 9.83. The minimum absolute atomic E-state index is 0. The summed E-state index contributed by atoms with van der Waals surface area (Å²) < 4.78 is 0. The molecule has 0 bridgehead atoms. The molecule has 0 saturated carbocycles. The average Bonchev–Trinajstić information content (AvgIpc) is 1.65. The maximum Gasteiger partial charge on any atom is 2.00 e. The SMILES string of the molecule is CCC(C)=CC(C)=O.[Cl-].[Cl-].[Pd+2]. The van der Waals surface area contributed by atoms with E-state index in [4.69, 9.17) is 0 Å². The van der Waals surface area contributed by atoms with Gasteiger partial charge in [0.05, 0.1) is 0 Å². The van der Waals surface area contributed by atoms with E-state index in [1.54, 1.807) is 13.0 Å². The molecule has 0 saturated heterocycles. The van der Waals surface area contributed by atoms with Crippen LogP contribution in [-0.4, -0.2) is 5.78 Å². The van der Waals surface area contributed by atoms with Crippen LogP contribution >= 0.6 is 0 Å². The Labute approximate surface area is 94.5 Å². The molecule has 11 heavy (non-hydrogen) atoms. The van der Waals surface area contributed by atoms with Crippen molar-refractivity contribution in [3.63, 3.8) is 0 Å². The van der Waals surface area contributed by atoms with Gasteiger partial charge in [0.25, 0.3) is 0 Å². The van der Waals surface area contributed by atoms with Crippen molar-refractivity contribution in [3.8, 4) is 0 Å². The quantitative estimate of drug-likeness (QED) is 0.373. The van der Waals surface area contributed by atoms with Gasteiger partial charge in [-0.1, -0.05) is 12.5 Å². The van der Waals surface area contributed by atoms with Crippen molar-refractivity contribution in [2.75, 3.05) is 0 Å². The van der Waals surface area contributed by atoms with Gasteiger partial charge in [0.15, 0.2) is 5.78 Å². The number of hydrogen-bond donors (Lipinski definition) is 0. The first-order valence-electron chi connectivity index (χ1n) is 2.84. The summed E-state index contributed by atoms with van der Waals surface area (Å²) in [6.45, 7) is 5.56. The molecular weight excluding hydrogens is 277 g/mol. The first kappa shape index (κ1) is 22.6. The van der Waals surface area contributed by atoms with Crippen LogP contribution in [-0.2, 0) is 25.2 Å². The van der Waals surface area contributed by atoms with Gasteiger partial charge in [0, 0.05) is 0 Å². The van der Waals surface area contributed by atoms with Gasteiger partial charge >= 0.3 is 20.4 Å². The minimum Gasteiger partial charge on any atom is -1.00 e. The summed E-state index contributed by atoms with van der Waals surface area (Å²) in [5, 5.41) is 0. The first-order valence-corrected chi connectivity index (χ1v) is 2.84. The van der Waals surface area contributed by atoms with Crippen LogP contribution in [0.1, 0.15) is 27.2 Å². The fourth-order valence-corrected chi connectivity index (χ4v) is 0.449. The molecule has 0 aromatic heterocycles. The Kier molecular flexibility index (Phi) is 27.2. The van der Waals surface area contributed by atoms with Crippen LogP contribution in [0.15, 0.2) is 11.6 Å². The molecule has 0 fully saturated rings. The van der Waals surface area contributed by atoms with E-state index in [2.05, 4.69) is 0 Å². The molecular formula is C7H12Cl2OPd. The van der Waals surface area contributed by atoms with E-state index in [1.165, 1.54) is 0 Å². The molecule has 0 amide bonds. The Bertz CT molecular complexity index is 124. The Hall–Kier alpha value is 0.652. The smallest absolute Gasteiger partial charge is 1.00 e. The second-order valence-electron chi connectivity index (χ2n) is 1.95. The van der Waals surface area contributed by atoms with Gasteiger partial charge in [0.2, 0.25) is 0 Å². The molecule has 0 aliphatic carbocycles. The molecule has 0 unspecified atom stereocenters. The third-order valence-electron chi connectivity index (χ3n) is 1.01. The zero-order valence-electron chi connectivity index (χ0n) is 6.76. The summed E-state index contributed by atoms with van der Waals surface area (Å²) in [6.07, 6.45) is 2.64. The van der Waals surface area contributed by atoms with Crippen LogP contribution in [0.5, 0.6) is 0 Å². The fraction of sp³-hybridized carbons (Fsp3) is 0.571. The number of carbonyl (C=O) groups excluding carboxylic acids is 1. The van der Waals surface area contributed by atoms with E-state index < -0.39 is 0 Å². The van der Waals surface area contributed by atoms with E-state index in [9.17, 15) is 4.79 Å². The molecule has 0 atom stereocenters. The maximum atomic E-state index is 10.3. The third-order valence-corrected chi connectivity index (χ3v) is 1.01. The predicted octanol–water partition coefficient (Wildman–Crippen LogP) is -4.06. The molecule has 0 aliphatic rings. The molecule has 0 aromatic rings. The van der Waals surface area contributed by atoms with Crippen LogP contribution in [0, 0.1) is 0 Å². The van der Waals surface area contributed by atoms with Crippen molar-refractivity contribution in [2.24, 2.45) is 0 Å². The zero-order chi connectivity index (χ0) is 6.57. The van der Waals surface area contributed by atoms with Gasteiger partial charge in [-0.25, -0.2) is 0 Å². The van der Waals surface area contributed by atoms with Crippen LogP contribution in [0.25, 0.3) is 0 Å². The molecule has 0 N–H and O–H groups in total. The Morgan fingerprint density at radius 3 is 1.73 bits per heavy atom. The van der Waals surface area contributed by atoms with Gasteiger partial charge in [0.1, 0.15) is 0 Å². The largest absolute Gasteiger partial charge is 2.00 e. The Morgan fingerprint density at radius 2 is 1.64 bits per heavy atom. The van der Waals surface area contributed by atoms with E-state index in [0.29, 0.717) is 0 Å². The van der Waals surface area contributed by atoms with Crippen molar-refractivity contribution >= 4 is 5.78 Å². The molecule has 4 heteroatoms. The predicted molar refractivity (Wildman–Crippen MR) is 34.7 cm³/mol.